The van der Waals surface area contributed by atoms with Crippen molar-refractivity contribution in [3.63, 3.8) is 0 Å². The van der Waals surface area contributed by atoms with Crippen LogP contribution in [0.1, 0.15) is 16.7 Å². The molecule has 0 aliphatic carbocycles. The lowest BCUT2D eigenvalue weighted by atomic mass is 10.1. The molecule has 0 atom stereocenters. The zero-order chi connectivity index (χ0) is 18.1. The fourth-order valence-corrected chi connectivity index (χ4v) is 2.69. The Kier molecular flexibility index (Phi) is 4.08. The topological polar surface area (TPSA) is 68.3 Å². The number of hydrogen-bond acceptors (Lipinski definition) is 6. The molecule has 26 heavy (non-hydrogen) atoms. The van der Waals surface area contributed by atoms with Gasteiger partial charge in [0.1, 0.15) is 5.82 Å². The monoisotopic (exact) mass is 348 g/mol. The van der Waals surface area contributed by atoms with Crippen LogP contribution in [0.4, 0.5) is 23.1 Å². The van der Waals surface area contributed by atoms with Gasteiger partial charge in [0.05, 0.1) is 0 Å². The molecule has 4 rings (SSSR count). The SMILES string of the molecule is Cc1ccc(Nc2ncc(C)c(Nc3ccc4c(c3)OCO4)n2)cc1C. The molecule has 0 unspecified atom stereocenters. The number of hydrogen-bond donors (Lipinski definition) is 2. The third-order valence-corrected chi connectivity index (χ3v) is 4.37. The summed E-state index contributed by atoms with van der Waals surface area (Å²) in [5.74, 6) is 2.77. The van der Waals surface area contributed by atoms with Crippen molar-refractivity contribution in [2.45, 2.75) is 20.8 Å². The van der Waals surface area contributed by atoms with Crippen LogP contribution in [-0.4, -0.2) is 16.8 Å². The van der Waals surface area contributed by atoms with Gasteiger partial charge in [0.25, 0.3) is 0 Å². The van der Waals surface area contributed by atoms with Crippen LogP contribution >= 0.6 is 0 Å². The van der Waals surface area contributed by atoms with E-state index in [1.807, 2.05) is 31.2 Å². The standard InChI is InChI=1S/C20H20N4O2/c1-12-4-5-15(8-13(12)2)23-20-21-10-14(3)19(24-20)22-16-6-7-17-18(9-16)26-11-25-17/h4-10H,11H2,1-3H3,(H2,21,22,23,24). The predicted octanol–water partition coefficient (Wildman–Crippen LogP) is 4.62. The van der Waals surface area contributed by atoms with Gasteiger partial charge in [0.15, 0.2) is 11.5 Å². The highest BCUT2D eigenvalue weighted by molar-refractivity contribution is 5.65. The third-order valence-electron chi connectivity index (χ3n) is 4.37. The highest BCUT2D eigenvalue weighted by Gasteiger charge is 2.14. The Morgan fingerprint density at radius 3 is 2.42 bits per heavy atom. The van der Waals surface area contributed by atoms with Crippen molar-refractivity contribution >= 4 is 23.1 Å². The average Bonchev–Trinajstić information content (AvgIpc) is 3.09. The minimum atomic E-state index is 0.259. The van der Waals surface area contributed by atoms with Crippen LogP contribution in [0.2, 0.25) is 0 Å². The molecule has 0 spiro atoms. The summed E-state index contributed by atoms with van der Waals surface area (Å²) < 4.78 is 10.8. The Labute approximate surface area is 152 Å². The van der Waals surface area contributed by atoms with E-state index in [0.29, 0.717) is 5.95 Å². The van der Waals surface area contributed by atoms with E-state index in [4.69, 9.17) is 9.47 Å². The summed E-state index contributed by atoms with van der Waals surface area (Å²) in [4.78, 5) is 8.98. The van der Waals surface area contributed by atoms with Gasteiger partial charge >= 0.3 is 0 Å². The predicted molar refractivity (Wildman–Crippen MR) is 102 cm³/mol. The molecule has 0 radical (unpaired) electrons. The molecule has 2 aromatic carbocycles. The van der Waals surface area contributed by atoms with Crippen molar-refractivity contribution in [1.82, 2.24) is 9.97 Å². The van der Waals surface area contributed by atoms with Crippen LogP contribution in [0.15, 0.2) is 42.6 Å². The van der Waals surface area contributed by atoms with Crippen LogP contribution in [0.5, 0.6) is 11.5 Å². The van der Waals surface area contributed by atoms with Gasteiger partial charge < -0.3 is 20.1 Å². The van der Waals surface area contributed by atoms with E-state index >= 15 is 0 Å². The summed E-state index contributed by atoms with van der Waals surface area (Å²) in [5, 5.41) is 6.58. The number of fused-ring (bicyclic) bond motifs is 1. The van der Waals surface area contributed by atoms with Gasteiger partial charge in [-0.05, 0) is 56.2 Å². The molecule has 1 aromatic heterocycles. The van der Waals surface area contributed by atoms with Crippen LogP contribution in [-0.2, 0) is 0 Å². The number of aromatic nitrogens is 2. The van der Waals surface area contributed by atoms with Crippen molar-refractivity contribution in [2.24, 2.45) is 0 Å². The van der Waals surface area contributed by atoms with E-state index in [1.54, 1.807) is 6.20 Å². The third kappa shape index (κ3) is 3.26. The maximum atomic E-state index is 5.42. The minimum Gasteiger partial charge on any atom is -0.454 e. The van der Waals surface area contributed by atoms with E-state index in [-0.39, 0.29) is 6.79 Å². The van der Waals surface area contributed by atoms with E-state index in [2.05, 4.69) is 46.6 Å². The Bertz CT molecular complexity index is 972. The van der Waals surface area contributed by atoms with Gasteiger partial charge in [-0.25, -0.2) is 4.98 Å². The minimum absolute atomic E-state index is 0.259. The number of nitrogens with zero attached hydrogens (tertiary/aromatic N) is 2. The molecule has 2 N–H and O–H groups in total. The normalized spacial score (nSPS) is 12.1. The molecule has 0 bridgehead atoms. The largest absolute Gasteiger partial charge is 0.454 e. The molecule has 1 aliphatic rings. The lowest BCUT2D eigenvalue weighted by molar-refractivity contribution is 0.174. The Balaban J connectivity index is 1.57. The van der Waals surface area contributed by atoms with Gasteiger partial charge in [0.2, 0.25) is 12.7 Å². The van der Waals surface area contributed by atoms with E-state index in [9.17, 15) is 0 Å². The average molecular weight is 348 g/mol. The van der Waals surface area contributed by atoms with Crippen LogP contribution < -0.4 is 20.1 Å². The number of benzene rings is 2. The highest BCUT2D eigenvalue weighted by Crippen LogP contribution is 2.35. The van der Waals surface area contributed by atoms with Crippen LogP contribution in [0.3, 0.4) is 0 Å². The first-order valence-electron chi connectivity index (χ1n) is 8.43. The first-order valence-corrected chi connectivity index (χ1v) is 8.43. The fourth-order valence-electron chi connectivity index (χ4n) is 2.69. The summed E-state index contributed by atoms with van der Waals surface area (Å²) in [6.45, 7) is 6.41. The van der Waals surface area contributed by atoms with Gasteiger partial charge in [-0.15, -0.1) is 0 Å². The molecule has 0 amide bonds. The smallest absolute Gasteiger partial charge is 0.231 e. The first kappa shape index (κ1) is 16.2. The van der Waals surface area contributed by atoms with Crippen molar-refractivity contribution in [3.05, 3.63) is 59.3 Å². The molecule has 6 nitrogen and oxygen atoms in total. The number of rotatable bonds is 4. The van der Waals surface area contributed by atoms with Crippen LogP contribution in [0.25, 0.3) is 0 Å². The molecule has 0 saturated heterocycles. The molecule has 0 fully saturated rings. The molecule has 1 aliphatic heterocycles. The van der Waals surface area contributed by atoms with Crippen molar-refractivity contribution < 1.29 is 9.47 Å². The zero-order valence-corrected chi connectivity index (χ0v) is 15.0. The highest BCUT2D eigenvalue weighted by atomic mass is 16.7. The number of aryl methyl sites for hydroxylation is 3. The van der Waals surface area contributed by atoms with Gasteiger partial charge in [-0.3, -0.25) is 0 Å². The number of anilines is 4. The van der Waals surface area contributed by atoms with Crippen molar-refractivity contribution in [3.8, 4) is 11.5 Å². The molecule has 2 heterocycles. The number of nitrogens with one attached hydrogen (secondary N) is 2. The maximum absolute atomic E-state index is 5.42. The second-order valence-electron chi connectivity index (χ2n) is 6.34. The molecule has 3 aromatic rings. The van der Waals surface area contributed by atoms with Gasteiger partial charge in [-0.1, -0.05) is 6.07 Å². The quantitative estimate of drug-likeness (QED) is 0.717. The second-order valence-corrected chi connectivity index (χ2v) is 6.34. The maximum Gasteiger partial charge on any atom is 0.231 e. The molecule has 0 saturated carbocycles. The summed E-state index contributed by atoms with van der Waals surface area (Å²) in [7, 11) is 0. The lowest BCUT2D eigenvalue weighted by Crippen LogP contribution is -2.03. The molecule has 6 heteroatoms. The summed E-state index contributed by atoms with van der Waals surface area (Å²) in [5.41, 5.74) is 5.28. The Morgan fingerprint density at radius 2 is 1.58 bits per heavy atom. The molecular weight excluding hydrogens is 328 g/mol. The second kappa shape index (κ2) is 6.55. The van der Waals surface area contributed by atoms with Crippen molar-refractivity contribution in [2.75, 3.05) is 17.4 Å². The van der Waals surface area contributed by atoms with Gasteiger partial charge in [-0.2, -0.15) is 4.98 Å². The number of ether oxygens (including phenoxy) is 2. The molecule has 132 valence electrons. The van der Waals surface area contributed by atoms with Crippen LogP contribution in [0, 0.1) is 20.8 Å². The fraction of sp³-hybridized carbons (Fsp3) is 0.200. The van der Waals surface area contributed by atoms with Gasteiger partial charge in [0, 0.05) is 29.2 Å². The summed E-state index contributed by atoms with van der Waals surface area (Å²) in [6.07, 6.45) is 1.80. The van der Waals surface area contributed by atoms with Crippen molar-refractivity contribution in [1.29, 1.82) is 0 Å². The Morgan fingerprint density at radius 1 is 0.808 bits per heavy atom. The first-order chi connectivity index (χ1) is 12.6. The van der Waals surface area contributed by atoms with E-state index in [1.165, 1.54) is 11.1 Å². The lowest BCUT2D eigenvalue weighted by Gasteiger charge is -2.12. The summed E-state index contributed by atoms with van der Waals surface area (Å²) in [6, 6.07) is 11.9. The molecular formula is C20H20N4O2. The summed E-state index contributed by atoms with van der Waals surface area (Å²) >= 11 is 0. The van der Waals surface area contributed by atoms with E-state index < -0.39 is 0 Å². The zero-order valence-electron chi connectivity index (χ0n) is 15.0. The van der Waals surface area contributed by atoms with E-state index in [0.717, 1.165) is 34.3 Å². The Hall–Kier alpha value is -3.28.